The number of aryl methyl sites for hydroxylation is 2. The quantitative estimate of drug-likeness (QED) is 0.525. The van der Waals surface area contributed by atoms with Gasteiger partial charge in [0.2, 0.25) is 0 Å². The lowest BCUT2D eigenvalue weighted by Crippen LogP contribution is -2.49. The summed E-state index contributed by atoms with van der Waals surface area (Å²) in [6.45, 7) is 6.80. The topological polar surface area (TPSA) is 58.6 Å². The van der Waals surface area contributed by atoms with Crippen LogP contribution in [0.2, 0.25) is 0 Å². The number of anilines is 1. The number of piperazine rings is 1. The second kappa shape index (κ2) is 9.69. The van der Waals surface area contributed by atoms with Crippen LogP contribution >= 0.6 is 15.9 Å². The van der Waals surface area contributed by atoms with E-state index in [1.165, 1.54) is 5.56 Å². The van der Waals surface area contributed by atoms with E-state index in [0.717, 1.165) is 58.2 Å². The number of hydrogen-bond donors (Lipinski definition) is 0. The Kier molecular flexibility index (Phi) is 6.74. The molecule has 1 aliphatic rings. The number of halogens is 1. The maximum absolute atomic E-state index is 12.9. The first-order valence-electron chi connectivity index (χ1n) is 10.7. The van der Waals surface area contributed by atoms with E-state index in [9.17, 15) is 4.79 Å². The van der Waals surface area contributed by atoms with Crippen LogP contribution in [0.3, 0.4) is 0 Å². The minimum atomic E-state index is 0.0747. The van der Waals surface area contributed by atoms with E-state index in [4.69, 9.17) is 9.72 Å². The molecule has 2 heterocycles. The molecule has 0 N–H and O–H groups in total. The minimum Gasteiger partial charge on any atom is -0.497 e. The van der Waals surface area contributed by atoms with Gasteiger partial charge in [-0.05, 0) is 55.8 Å². The molecule has 0 unspecified atom stereocenters. The molecule has 1 aliphatic heterocycles. The summed E-state index contributed by atoms with van der Waals surface area (Å²) in [6, 6.07) is 15.7. The molecule has 0 aliphatic carbocycles. The molecule has 0 radical (unpaired) electrons. The molecule has 32 heavy (non-hydrogen) atoms. The van der Waals surface area contributed by atoms with E-state index in [2.05, 4.69) is 37.9 Å². The molecule has 6 nitrogen and oxygen atoms in total. The summed E-state index contributed by atoms with van der Waals surface area (Å²) in [4.78, 5) is 26.5. The molecule has 7 heteroatoms. The van der Waals surface area contributed by atoms with Crippen LogP contribution in [0.25, 0.3) is 0 Å². The van der Waals surface area contributed by atoms with Crippen molar-refractivity contribution in [3.8, 4) is 5.75 Å². The number of ether oxygens (including phenoxy) is 1. The Balaban J connectivity index is 1.51. The third-order valence-corrected chi connectivity index (χ3v) is 6.33. The average Bonchev–Trinajstić information content (AvgIpc) is 2.81. The normalized spacial score (nSPS) is 13.9. The summed E-state index contributed by atoms with van der Waals surface area (Å²) in [5.74, 6) is 2.66. The maximum Gasteiger partial charge on any atom is 0.253 e. The number of rotatable bonds is 5. The van der Waals surface area contributed by atoms with Crippen molar-refractivity contribution in [2.75, 3.05) is 38.2 Å². The second-order valence-electron chi connectivity index (χ2n) is 7.97. The Hall–Kier alpha value is -2.93. The number of amides is 1. The molecule has 1 saturated heterocycles. The van der Waals surface area contributed by atoms with Gasteiger partial charge in [-0.3, -0.25) is 4.79 Å². The van der Waals surface area contributed by atoms with Gasteiger partial charge in [0, 0.05) is 53.9 Å². The smallest absolute Gasteiger partial charge is 0.253 e. The number of hydrogen-bond acceptors (Lipinski definition) is 5. The van der Waals surface area contributed by atoms with Gasteiger partial charge < -0.3 is 14.5 Å². The van der Waals surface area contributed by atoms with Crippen LogP contribution in [0.1, 0.15) is 33.0 Å². The highest BCUT2D eigenvalue weighted by Crippen LogP contribution is 2.26. The molecule has 0 bridgehead atoms. The third kappa shape index (κ3) is 4.93. The monoisotopic (exact) mass is 494 g/mol. The zero-order chi connectivity index (χ0) is 22.7. The molecule has 1 aromatic heterocycles. The first kappa shape index (κ1) is 22.3. The molecular weight excluding hydrogens is 468 g/mol. The lowest BCUT2D eigenvalue weighted by atomic mass is 10.0. The number of aromatic nitrogens is 2. The third-order valence-electron chi connectivity index (χ3n) is 5.80. The van der Waals surface area contributed by atoms with Gasteiger partial charge >= 0.3 is 0 Å². The molecule has 1 amide bonds. The number of carbonyl (C=O) groups is 1. The van der Waals surface area contributed by atoms with Crippen molar-refractivity contribution in [2.45, 2.75) is 20.3 Å². The van der Waals surface area contributed by atoms with E-state index >= 15 is 0 Å². The number of methoxy groups -OCH3 is 1. The predicted molar refractivity (Wildman–Crippen MR) is 130 cm³/mol. The van der Waals surface area contributed by atoms with Crippen molar-refractivity contribution in [1.82, 2.24) is 14.9 Å². The summed E-state index contributed by atoms with van der Waals surface area (Å²) in [5.41, 5.74) is 4.03. The van der Waals surface area contributed by atoms with Gasteiger partial charge in [0.15, 0.2) is 0 Å². The highest BCUT2D eigenvalue weighted by atomic mass is 79.9. The lowest BCUT2D eigenvalue weighted by molar-refractivity contribution is 0.0746. The Labute approximate surface area is 197 Å². The van der Waals surface area contributed by atoms with Crippen molar-refractivity contribution in [3.05, 3.63) is 81.2 Å². The summed E-state index contributed by atoms with van der Waals surface area (Å²) < 4.78 is 6.25. The van der Waals surface area contributed by atoms with Crippen molar-refractivity contribution < 1.29 is 9.53 Å². The zero-order valence-electron chi connectivity index (χ0n) is 18.6. The van der Waals surface area contributed by atoms with E-state index in [1.54, 1.807) is 7.11 Å². The summed E-state index contributed by atoms with van der Waals surface area (Å²) in [7, 11) is 1.67. The Bertz CT molecular complexity index is 1090. The van der Waals surface area contributed by atoms with Gasteiger partial charge in [-0.1, -0.05) is 28.1 Å². The van der Waals surface area contributed by atoms with Crippen LogP contribution in [0.15, 0.2) is 53.0 Å². The van der Waals surface area contributed by atoms with Gasteiger partial charge in [0.25, 0.3) is 5.91 Å². The van der Waals surface area contributed by atoms with Gasteiger partial charge in [-0.25, -0.2) is 9.97 Å². The molecule has 2 aromatic carbocycles. The number of nitrogens with zero attached hydrogens (tertiary/aromatic N) is 4. The van der Waals surface area contributed by atoms with E-state index in [-0.39, 0.29) is 5.91 Å². The molecule has 0 saturated carbocycles. The predicted octanol–water partition coefficient (Wildman–Crippen LogP) is 4.42. The van der Waals surface area contributed by atoms with Crippen molar-refractivity contribution in [3.63, 3.8) is 0 Å². The average molecular weight is 495 g/mol. The van der Waals surface area contributed by atoms with Gasteiger partial charge in [-0.15, -0.1) is 0 Å². The fourth-order valence-electron chi connectivity index (χ4n) is 4.03. The van der Waals surface area contributed by atoms with Gasteiger partial charge in [0.05, 0.1) is 7.11 Å². The molecule has 166 valence electrons. The van der Waals surface area contributed by atoms with Crippen LogP contribution in [0, 0.1) is 13.8 Å². The number of benzene rings is 2. The molecule has 0 spiro atoms. The van der Waals surface area contributed by atoms with E-state index < -0.39 is 0 Å². The van der Waals surface area contributed by atoms with Gasteiger partial charge in [0.1, 0.15) is 17.4 Å². The van der Waals surface area contributed by atoms with Crippen LogP contribution in [-0.4, -0.2) is 54.1 Å². The summed E-state index contributed by atoms with van der Waals surface area (Å²) >= 11 is 3.42. The Morgan fingerprint density at radius 2 is 1.62 bits per heavy atom. The maximum atomic E-state index is 12.9. The van der Waals surface area contributed by atoms with E-state index in [1.807, 2.05) is 55.1 Å². The standard InChI is InChI=1S/C25H27BrN4O2/c1-17-23(16-19-4-10-22(32-3)11-5-19)24(28-18(2)27-17)29-12-14-30(15-13-29)25(31)20-6-8-21(26)9-7-20/h4-11H,12-16H2,1-3H3. The fraction of sp³-hybridized carbons (Fsp3) is 0.320. The second-order valence-corrected chi connectivity index (χ2v) is 8.89. The fourth-order valence-corrected chi connectivity index (χ4v) is 4.29. The highest BCUT2D eigenvalue weighted by molar-refractivity contribution is 9.10. The highest BCUT2D eigenvalue weighted by Gasteiger charge is 2.25. The van der Waals surface area contributed by atoms with Gasteiger partial charge in [-0.2, -0.15) is 0 Å². The Morgan fingerprint density at radius 3 is 2.25 bits per heavy atom. The molecular formula is C25H27BrN4O2. The largest absolute Gasteiger partial charge is 0.497 e. The van der Waals surface area contributed by atoms with Crippen LogP contribution in [-0.2, 0) is 6.42 Å². The molecule has 1 fully saturated rings. The van der Waals surface area contributed by atoms with E-state index in [0.29, 0.717) is 13.1 Å². The van der Waals surface area contributed by atoms with Crippen LogP contribution in [0.4, 0.5) is 5.82 Å². The molecule has 4 rings (SSSR count). The first-order chi connectivity index (χ1) is 15.4. The SMILES string of the molecule is COc1ccc(Cc2c(C)nc(C)nc2N2CCN(C(=O)c3ccc(Br)cc3)CC2)cc1. The number of carbonyl (C=O) groups excluding carboxylic acids is 1. The van der Waals surface area contributed by atoms with Crippen LogP contribution in [0.5, 0.6) is 5.75 Å². The molecule has 0 atom stereocenters. The first-order valence-corrected chi connectivity index (χ1v) is 11.5. The summed E-state index contributed by atoms with van der Waals surface area (Å²) in [6.07, 6.45) is 0.753. The summed E-state index contributed by atoms with van der Waals surface area (Å²) in [5, 5.41) is 0. The van der Waals surface area contributed by atoms with Crippen molar-refractivity contribution in [1.29, 1.82) is 0 Å². The zero-order valence-corrected chi connectivity index (χ0v) is 20.2. The minimum absolute atomic E-state index is 0.0747. The Morgan fingerprint density at radius 1 is 0.969 bits per heavy atom. The van der Waals surface area contributed by atoms with Crippen molar-refractivity contribution in [2.24, 2.45) is 0 Å². The van der Waals surface area contributed by atoms with Crippen LogP contribution < -0.4 is 9.64 Å². The molecule has 3 aromatic rings. The lowest BCUT2D eigenvalue weighted by Gasteiger charge is -2.36. The van der Waals surface area contributed by atoms with Crippen molar-refractivity contribution >= 4 is 27.7 Å².